The van der Waals surface area contributed by atoms with Crippen LogP contribution in [0.4, 0.5) is 0 Å². The molecule has 0 bridgehead atoms. The molecule has 0 saturated heterocycles. The molecule has 106 valence electrons. The maximum atomic E-state index is 11.1. The summed E-state index contributed by atoms with van der Waals surface area (Å²) in [5.74, 6) is 0.579. The smallest absolute Gasteiger partial charge is 0.352 e. The number of carboxylic acids is 1. The quantitative estimate of drug-likeness (QED) is 0.880. The van der Waals surface area contributed by atoms with Crippen LogP contribution in [0.25, 0.3) is 0 Å². The fourth-order valence-corrected chi connectivity index (χ4v) is 1.99. The number of benzene rings is 1. The van der Waals surface area contributed by atoms with Gasteiger partial charge >= 0.3 is 5.97 Å². The van der Waals surface area contributed by atoms with Gasteiger partial charge in [-0.05, 0) is 42.8 Å². The fourth-order valence-electron chi connectivity index (χ4n) is 1.99. The van der Waals surface area contributed by atoms with Crippen LogP contribution in [0.1, 0.15) is 16.1 Å². The first-order chi connectivity index (χ1) is 9.61. The summed E-state index contributed by atoms with van der Waals surface area (Å²) in [5, 5.41) is 9.13. The summed E-state index contributed by atoms with van der Waals surface area (Å²) < 4.78 is 12.3. The first-order valence-corrected chi connectivity index (χ1v) is 6.27. The summed E-state index contributed by atoms with van der Waals surface area (Å²) in [6.07, 6.45) is 1.76. The summed E-state index contributed by atoms with van der Waals surface area (Å²) in [6.45, 7) is 2.67. The SMILES string of the molecule is COc1ccc(OCCn2ccc(C)c2C(=O)O)cc1. The van der Waals surface area contributed by atoms with Gasteiger partial charge in [-0.2, -0.15) is 0 Å². The highest BCUT2D eigenvalue weighted by Crippen LogP contribution is 2.17. The zero-order valence-corrected chi connectivity index (χ0v) is 11.5. The normalized spacial score (nSPS) is 10.3. The van der Waals surface area contributed by atoms with E-state index >= 15 is 0 Å². The van der Waals surface area contributed by atoms with Crippen molar-refractivity contribution >= 4 is 5.97 Å². The van der Waals surface area contributed by atoms with Gasteiger partial charge in [-0.25, -0.2) is 4.79 Å². The van der Waals surface area contributed by atoms with Crippen LogP contribution in [0.2, 0.25) is 0 Å². The molecule has 0 aliphatic rings. The first-order valence-electron chi connectivity index (χ1n) is 6.27. The predicted molar refractivity (Wildman–Crippen MR) is 74.6 cm³/mol. The van der Waals surface area contributed by atoms with Gasteiger partial charge in [0.05, 0.1) is 13.7 Å². The third kappa shape index (κ3) is 3.12. The van der Waals surface area contributed by atoms with Crippen LogP contribution in [0.15, 0.2) is 36.5 Å². The molecule has 0 aliphatic carbocycles. The number of hydrogen-bond acceptors (Lipinski definition) is 3. The van der Waals surface area contributed by atoms with E-state index in [0.717, 1.165) is 17.1 Å². The number of methoxy groups -OCH3 is 1. The highest BCUT2D eigenvalue weighted by atomic mass is 16.5. The molecule has 1 heterocycles. The third-order valence-corrected chi connectivity index (χ3v) is 3.03. The molecule has 0 unspecified atom stereocenters. The van der Waals surface area contributed by atoms with Crippen molar-refractivity contribution in [3.05, 3.63) is 47.8 Å². The second-order valence-electron chi connectivity index (χ2n) is 4.37. The number of aromatic carboxylic acids is 1. The standard InChI is InChI=1S/C15H17NO4/c1-11-7-8-16(14(11)15(17)18)9-10-20-13-5-3-12(19-2)4-6-13/h3-8H,9-10H2,1-2H3,(H,17,18). The summed E-state index contributed by atoms with van der Waals surface area (Å²) in [7, 11) is 1.61. The largest absolute Gasteiger partial charge is 0.497 e. The molecule has 1 N–H and O–H groups in total. The maximum Gasteiger partial charge on any atom is 0.352 e. The first kappa shape index (κ1) is 14.0. The van der Waals surface area contributed by atoms with E-state index in [4.69, 9.17) is 14.6 Å². The zero-order chi connectivity index (χ0) is 14.5. The van der Waals surface area contributed by atoms with Crippen LogP contribution in [-0.4, -0.2) is 29.4 Å². The summed E-state index contributed by atoms with van der Waals surface area (Å²) in [4.78, 5) is 11.1. The van der Waals surface area contributed by atoms with E-state index < -0.39 is 5.97 Å². The van der Waals surface area contributed by atoms with E-state index in [-0.39, 0.29) is 0 Å². The molecule has 1 aromatic carbocycles. The Kier molecular flexibility index (Phi) is 4.30. The predicted octanol–water partition coefficient (Wildman–Crippen LogP) is 2.58. The van der Waals surface area contributed by atoms with E-state index in [2.05, 4.69) is 0 Å². The summed E-state index contributed by atoms with van der Waals surface area (Å²) >= 11 is 0. The number of aromatic nitrogens is 1. The van der Waals surface area contributed by atoms with Gasteiger partial charge in [-0.15, -0.1) is 0 Å². The molecular formula is C15H17NO4. The molecule has 2 aromatic rings. The van der Waals surface area contributed by atoms with Crippen molar-refractivity contribution in [3.8, 4) is 11.5 Å². The molecule has 0 spiro atoms. The molecule has 5 heteroatoms. The number of nitrogens with zero attached hydrogens (tertiary/aromatic N) is 1. The van der Waals surface area contributed by atoms with E-state index in [1.165, 1.54) is 0 Å². The van der Waals surface area contributed by atoms with Crippen LogP contribution < -0.4 is 9.47 Å². The Morgan fingerprint density at radius 3 is 2.45 bits per heavy atom. The van der Waals surface area contributed by atoms with Gasteiger partial charge in [0.25, 0.3) is 0 Å². The summed E-state index contributed by atoms with van der Waals surface area (Å²) in [6, 6.07) is 9.06. The Hall–Kier alpha value is -2.43. The Labute approximate surface area is 117 Å². The lowest BCUT2D eigenvalue weighted by Gasteiger charge is -2.09. The summed E-state index contributed by atoms with van der Waals surface area (Å²) in [5.41, 5.74) is 1.06. The van der Waals surface area contributed by atoms with Crippen molar-refractivity contribution in [2.24, 2.45) is 0 Å². The average molecular weight is 275 g/mol. The maximum absolute atomic E-state index is 11.1. The monoisotopic (exact) mass is 275 g/mol. The highest BCUT2D eigenvalue weighted by molar-refractivity contribution is 5.87. The molecule has 0 atom stereocenters. The molecule has 0 fully saturated rings. The van der Waals surface area contributed by atoms with Crippen LogP contribution in [0, 0.1) is 6.92 Å². The highest BCUT2D eigenvalue weighted by Gasteiger charge is 2.12. The molecule has 20 heavy (non-hydrogen) atoms. The topological polar surface area (TPSA) is 60.7 Å². The van der Waals surface area contributed by atoms with Crippen molar-refractivity contribution in [2.45, 2.75) is 13.5 Å². The van der Waals surface area contributed by atoms with Gasteiger partial charge in [0.2, 0.25) is 0 Å². The molecule has 0 aliphatic heterocycles. The number of rotatable bonds is 6. The lowest BCUT2D eigenvalue weighted by molar-refractivity contribution is 0.0683. The van der Waals surface area contributed by atoms with Crippen molar-refractivity contribution in [1.82, 2.24) is 4.57 Å². The van der Waals surface area contributed by atoms with Gasteiger partial charge in [0.15, 0.2) is 0 Å². The minimum absolute atomic E-state index is 0.309. The van der Waals surface area contributed by atoms with Crippen LogP contribution in [0.5, 0.6) is 11.5 Å². The average Bonchev–Trinajstić information content (AvgIpc) is 2.81. The lowest BCUT2D eigenvalue weighted by atomic mass is 10.3. The second-order valence-corrected chi connectivity index (χ2v) is 4.37. The number of carboxylic acid groups (broad SMARTS) is 1. The number of aryl methyl sites for hydroxylation is 1. The van der Waals surface area contributed by atoms with Crippen LogP contribution >= 0.6 is 0 Å². The number of carbonyl (C=O) groups is 1. The van der Waals surface area contributed by atoms with Crippen molar-refractivity contribution < 1.29 is 19.4 Å². The van der Waals surface area contributed by atoms with Gasteiger partial charge in [0.1, 0.15) is 23.8 Å². The zero-order valence-electron chi connectivity index (χ0n) is 11.5. The molecule has 2 rings (SSSR count). The van der Waals surface area contributed by atoms with E-state index in [1.807, 2.05) is 24.3 Å². The van der Waals surface area contributed by atoms with E-state index in [1.54, 1.807) is 30.9 Å². The molecule has 0 saturated carbocycles. The molecular weight excluding hydrogens is 258 g/mol. The van der Waals surface area contributed by atoms with Gasteiger partial charge in [0, 0.05) is 6.20 Å². The number of ether oxygens (including phenoxy) is 2. The van der Waals surface area contributed by atoms with Gasteiger partial charge < -0.3 is 19.1 Å². The molecule has 0 radical (unpaired) electrons. The van der Waals surface area contributed by atoms with Gasteiger partial charge in [-0.3, -0.25) is 0 Å². The Morgan fingerprint density at radius 2 is 1.85 bits per heavy atom. The van der Waals surface area contributed by atoms with Crippen LogP contribution in [0.3, 0.4) is 0 Å². The Morgan fingerprint density at radius 1 is 1.20 bits per heavy atom. The second kappa shape index (κ2) is 6.14. The van der Waals surface area contributed by atoms with E-state index in [9.17, 15) is 4.79 Å². The number of hydrogen-bond donors (Lipinski definition) is 1. The van der Waals surface area contributed by atoms with Crippen molar-refractivity contribution in [2.75, 3.05) is 13.7 Å². The van der Waals surface area contributed by atoms with Crippen molar-refractivity contribution in [1.29, 1.82) is 0 Å². The van der Waals surface area contributed by atoms with Crippen LogP contribution in [-0.2, 0) is 6.54 Å². The van der Waals surface area contributed by atoms with E-state index in [0.29, 0.717) is 18.8 Å². The Balaban J connectivity index is 1.94. The molecule has 0 amide bonds. The molecule has 1 aromatic heterocycles. The van der Waals surface area contributed by atoms with Gasteiger partial charge in [-0.1, -0.05) is 0 Å². The molecule has 5 nitrogen and oxygen atoms in total. The minimum Gasteiger partial charge on any atom is -0.497 e. The third-order valence-electron chi connectivity index (χ3n) is 3.03. The fraction of sp³-hybridized carbons (Fsp3) is 0.267. The minimum atomic E-state index is -0.919. The Bertz CT molecular complexity index is 586. The lowest BCUT2D eigenvalue weighted by Crippen LogP contribution is -2.13. The van der Waals surface area contributed by atoms with Crippen molar-refractivity contribution in [3.63, 3.8) is 0 Å².